The number of halogens is 2. The van der Waals surface area contributed by atoms with Crippen molar-refractivity contribution >= 4 is 34.2 Å². The van der Waals surface area contributed by atoms with E-state index in [9.17, 15) is 0 Å². The number of rotatable bonds is 4. The molecular formula is C17H23Cl2NO. The first kappa shape index (κ1) is 16.7. The molecule has 0 amide bonds. The van der Waals surface area contributed by atoms with Gasteiger partial charge in [-0.2, -0.15) is 0 Å². The number of fused-ring (bicyclic) bond motifs is 1. The molecule has 116 valence electrons. The first-order valence-corrected chi connectivity index (χ1v) is 8.07. The van der Waals surface area contributed by atoms with Gasteiger partial charge in [-0.05, 0) is 30.0 Å². The SMILES string of the molecule is CC(C)CNCc1oc2c(Cl)cc(Cl)cc2c1C(C)(C)C. The molecule has 4 heteroatoms. The Balaban J connectivity index is 2.51. The third-order valence-electron chi connectivity index (χ3n) is 3.37. The summed E-state index contributed by atoms with van der Waals surface area (Å²) in [7, 11) is 0. The Kier molecular flexibility index (Phi) is 4.92. The van der Waals surface area contributed by atoms with Gasteiger partial charge in [-0.1, -0.05) is 57.8 Å². The highest BCUT2D eigenvalue weighted by Gasteiger charge is 2.26. The van der Waals surface area contributed by atoms with Crippen LogP contribution in [0.15, 0.2) is 16.5 Å². The van der Waals surface area contributed by atoms with Gasteiger partial charge in [-0.15, -0.1) is 0 Å². The van der Waals surface area contributed by atoms with Crippen LogP contribution in [-0.4, -0.2) is 6.54 Å². The maximum atomic E-state index is 6.28. The number of hydrogen-bond donors (Lipinski definition) is 1. The average Bonchev–Trinajstić information content (AvgIpc) is 2.66. The molecule has 0 saturated heterocycles. The van der Waals surface area contributed by atoms with Crippen LogP contribution in [0.1, 0.15) is 45.9 Å². The van der Waals surface area contributed by atoms with E-state index in [2.05, 4.69) is 39.9 Å². The van der Waals surface area contributed by atoms with Gasteiger partial charge in [0.1, 0.15) is 5.76 Å². The van der Waals surface area contributed by atoms with Crippen LogP contribution in [0.5, 0.6) is 0 Å². The first-order chi connectivity index (χ1) is 9.70. The van der Waals surface area contributed by atoms with E-state index >= 15 is 0 Å². The Morgan fingerprint density at radius 3 is 2.43 bits per heavy atom. The predicted octanol–water partition coefficient (Wildman–Crippen LogP) is 5.78. The zero-order chi connectivity index (χ0) is 15.8. The normalized spacial score (nSPS) is 12.6. The minimum Gasteiger partial charge on any atom is -0.458 e. The lowest BCUT2D eigenvalue weighted by Gasteiger charge is -2.19. The lowest BCUT2D eigenvalue weighted by Crippen LogP contribution is -2.21. The Hall–Kier alpha value is -0.700. The maximum absolute atomic E-state index is 6.28. The van der Waals surface area contributed by atoms with E-state index in [4.69, 9.17) is 27.6 Å². The van der Waals surface area contributed by atoms with Gasteiger partial charge < -0.3 is 9.73 Å². The van der Waals surface area contributed by atoms with Crippen molar-refractivity contribution < 1.29 is 4.42 Å². The molecule has 0 radical (unpaired) electrons. The molecule has 0 bridgehead atoms. The van der Waals surface area contributed by atoms with E-state index in [-0.39, 0.29) is 5.41 Å². The minimum absolute atomic E-state index is 0.0336. The van der Waals surface area contributed by atoms with Crippen molar-refractivity contribution in [3.05, 3.63) is 33.5 Å². The van der Waals surface area contributed by atoms with Crippen LogP contribution in [0.3, 0.4) is 0 Å². The van der Waals surface area contributed by atoms with E-state index in [1.807, 2.05) is 6.07 Å². The quantitative estimate of drug-likeness (QED) is 0.769. The van der Waals surface area contributed by atoms with Crippen molar-refractivity contribution in [1.82, 2.24) is 5.32 Å². The molecule has 0 spiro atoms. The zero-order valence-corrected chi connectivity index (χ0v) is 14.8. The molecular weight excluding hydrogens is 305 g/mol. The van der Waals surface area contributed by atoms with Crippen LogP contribution < -0.4 is 5.32 Å². The average molecular weight is 328 g/mol. The fourth-order valence-corrected chi connectivity index (χ4v) is 3.13. The summed E-state index contributed by atoms with van der Waals surface area (Å²) in [6.45, 7) is 12.6. The summed E-state index contributed by atoms with van der Waals surface area (Å²) in [6, 6.07) is 3.67. The van der Waals surface area contributed by atoms with Crippen molar-refractivity contribution in [2.45, 2.75) is 46.6 Å². The summed E-state index contributed by atoms with van der Waals surface area (Å²) in [6.07, 6.45) is 0. The van der Waals surface area contributed by atoms with Gasteiger partial charge in [-0.25, -0.2) is 0 Å². The molecule has 2 aromatic rings. The summed E-state index contributed by atoms with van der Waals surface area (Å²) in [5.74, 6) is 1.55. The second kappa shape index (κ2) is 6.20. The summed E-state index contributed by atoms with van der Waals surface area (Å²) in [5.41, 5.74) is 1.87. The van der Waals surface area contributed by atoms with E-state index in [0.717, 1.165) is 23.3 Å². The molecule has 1 heterocycles. The van der Waals surface area contributed by atoms with Crippen LogP contribution in [-0.2, 0) is 12.0 Å². The van der Waals surface area contributed by atoms with Crippen molar-refractivity contribution in [3.63, 3.8) is 0 Å². The molecule has 0 aliphatic rings. The molecule has 2 nitrogen and oxygen atoms in total. The van der Waals surface area contributed by atoms with Gasteiger partial charge in [0.05, 0.1) is 11.6 Å². The molecule has 1 N–H and O–H groups in total. The largest absolute Gasteiger partial charge is 0.458 e. The number of hydrogen-bond acceptors (Lipinski definition) is 2. The molecule has 0 fully saturated rings. The standard InChI is InChI=1S/C17H23Cl2NO/c1-10(2)8-20-9-14-15(17(3,4)5)12-6-11(18)7-13(19)16(12)21-14/h6-7,10,20H,8-9H2,1-5H3. The predicted molar refractivity (Wildman–Crippen MR) is 91.5 cm³/mol. The van der Waals surface area contributed by atoms with Gasteiger partial charge in [0.25, 0.3) is 0 Å². The molecule has 1 aromatic carbocycles. The fourth-order valence-electron chi connectivity index (χ4n) is 2.60. The summed E-state index contributed by atoms with van der Waals surface area (Å²) in [5, 5.41) is 5.66. The number of nitrogens with one attached hydrogen (secondary N) is 1. The number of benzene rings is 1. The van der Waals surface area contributed by atoms with Crippen LogP contribution in [0.4, 0.5) is 0 Å². The van der Waals surface area contributed by atoms with E-state index in [0.29, 0.717) is 22.5 Å². The second-order valence-corrected chi connectivity index (χ2v) is 7.78. The van der Waals surface area contributed by atoms with Gasteiger partial charge in [0.2, 0.25) is 0 Å². The lowest BCUT2D eigenvalue weighted by atomic mass is 9.84. The Morgan fingerprint density at radius 2 is 1.86 bits per heavy atom. The smallest absolute Gasteiger partial charge is 0.153 e. The van der Waals surface area contributed by atoms with Crippen LogP contribution in [0, 0.1) is 5.92 Å². The highest BCUT2D eigenvalue weighted by atomic mass is 35.5. The molecule has 0 unspecified atom stereocenters. The molecule has 0 aliphatic carbocycles. The monoisotopic (exact) mass is 327 g/mol. The topological polar surface area (TPSA) is 25.2 Å². The third kappa shape index (κ3) is 3.74. The van der Waals surface area contributed by atoms with Crippen molar-refractivity contribution in [2.24, 2.45) is 5.92 Å². The van der Waals surface area contributed by atoms with E-state index in [1.54, 1.807) is 6.07 Å². The van der Waals surface area contributed by atoms with Crippen LogP contribution >= 0.6 is 23.2 Å². The lowest BCUT2D eigenvalue weighted by molar-refractivity contribution is 0.464. The molecule has 1 aromatic heterocycles. The minimum atomic E-state index is -0.0336. The van der Waals surface area contributed by atoms with Gasteiger partial charge in [-0.3, -0.25) is 0 Å². The highest BCUT2D eigenvalue weighted by Crippen LogP contribution is 2.39. The molecule has 0 saturated carbocycles. The second-order valence-electron chi connectivity index (χ2n) is 6.94. The van der Waals surface area contributed by atoms with Crippen molar-refractivity contribution in [2.75, 3.05) is 6.54 Å². The Labute approximate surface area is 136 Å². The van der Waals surface area contributed by atoms with Gasteiger partial charge in [0.15, 0.2) is 5.58 Å². The zero-order valence-electron chi connectivity index (χ0n) is 13.3. The van der Waals surface area contributed by atoms with E-state index in [1.165, 1.54) is 5.56 Å². The fraction of sp³-hybridized carbons (Fsp3) is 0.529. The highest BCUT2D eigenvalue weighted by molar-refractivity contribution is 6.38. The third-order valence-corrected chi connectivity index (χ3v) is 3.87. The van der Waals surface area contributed by atoms with Gasteiger partial charge in [0, 0.05) is 16.0 Å². The maximum Gasteiger partial charge on any atom is 0.153 e. The van der Waals surface area contributed by atoms with E-state index < -0.39 is 0 Å². The van der Waals surface area contributed by atoms with Gasteiger partial charge >= 0.3 is 0 Å². The Morgan fingerprint density at radius 1 is 1.19 bits per heavy atom. The molecule has 0 aliphatic heterocycles. The summed E-state index contributed by atoms with van der Waals surface area (Å²) < 4.78 is 6.04. The van der Waals surface area contributed by atoms with Crippen molar-refractivity contribution in [3.8, 4) is 0 Å². The summed E-state index contributed by atoms with van der Waals surface area (Å²) >= 11 is 12.4. The summed E-state index contributed by atoms with van der Waals surface area (Å²) in [4.78, 5) is 0. The van der Waals surface area contributed by atoms with Crippen LogP contribution in [0.2, 0.25) is 10.0 Å². The Bertz CT molecular complexity index is 638. The molecule has 2 rings (SSSR count). The van der Waals surface area contributed by atoms with Crippen LogP contribution in [0.25, 0.3) is 11.0 Å². The van der Waals surface area contributed by atoms with Crippen molar-refractivity contribution in [1.29, 1.82) is 0 Å². The molecule has 0 atom stereocenters. The number of furan rings is 1. The first-order valence-electron chi connectivity index (χ1n) is 7.31. The molecule has 21 heavy (non-hydrogen) atoms.